The van der Waals surface area contributed by atoms with Gasteiger partial charge in [-0.05, 0) is 38.1 Å². The van der Waals surface area contributed by atoms with Crippen molar-refractivity contribution in [3.05, 3.63) is 57.9 Å². The normalized spacial score (nSPS) is 10.4. The molecule has 0 bridgehead atoms. The van der Waals surface area contributed by atoms with Gasteiger partial charge in [-0.1, -0.05) is 12.1 Å². The lowest BCUT2D eigenvalue weighted by molar-refractivity contribution is -0.383. The van der Waals surface area contributed by atoms with Crippen LogP contribution < -0.4 is 10.6 Å². The maximum Gasteiger partial charge on any atom is 0.315 e. The SMILES string of the molecule is CCN(Cc1cccc(C)n1)c1cccc(N)c1[N+](=O)[O-]. The molecule has 2 N–H and O–H groups in total. The van der Waals surface area contributed by atoms with E-state index in [1.54, 1.807) is 18.2 Å². The molecule has 0 fully saturated rings. The van der Waals surface area contributed by atoms with E-state index in [1.165, 1.54) is 0 Å². The van der Waals surface area contributed by atoms with Crippen LogP contribution >= 0.6 is 0 Å². The molecule has 2 rings (SSSR count). The highest BCUT2D eigenvalue weighted by atomic mass is 16.6. The average Bonchev–Trinajstić information content (AvgIpc) is 2.44. The third-order valence-electron chi connectivity index (χ3n) is 3.25. The van der Waals surface area contributed by atoms with Crippen LogP contribution in [0.4, 0.5) is 17.1 Å². The molecule has 0 aliphatic rings. The number of nitrogen functional groups attached to an aromatic ring is 1. The third-order valence-corrected chi connectivity index (χ3v) is 3.25. The summed E-state index contributed by atoms with van der Waals surface area (Å²) in [5, 5.41) is 11.3. The van der Waals surface area contributed by atoms with Gasteiger partial charge in [-0.25, -0.2) is 0 Å². The van der Waals surface area contributed by atoms with Gasteiger partial charge in [0, 0.05) is 12.2 Å². The quantitative estimate of drug-likeness (QED) is 0.519. The summed E-state index contributed by atoms with van der Waals surface area (Å²) in [7, 11) is 0. The number of nitrogens with two attached hydrogens (primary N) is 1. The molecule has 0 saturated carbocycles. The second-order valence-corrected chi connectivity index (χ2v) is 4.76. The highest BCUT2D eigenvalue weighted by Gasteiger charge is 2.22. The lowest BCUT2D eigenvalue weighted by Crippen LogP contribution is -2.24. The topological polar surface area (TPSA) is 85.3 Å². The van der Waals surface area contributed by atoms with Gasteiger partial charge in [0.15, 0.2) is 0 Å². The van der Waals surface area contributed by atoms with Crippen LogP contribution in [0, 0.1) is 17.0 Å². The van der Waals surface area contributed by atoms with Crippen molar-refractivity contribution >= 4 is 17.1 Å². The number of pyridine rings is 1. The molecule has 1 heterocycles. The summed E-state index contributed by atoms with van der Waals surface area (Å²) >= 11 is 0. The number of hydrogen-bond acceptors (Lipinski definition) is 5. The smallest absolute Gasteiger partial charge is 0.315 e. The van der Waals surface area contributed by atoms with Crippen LogP contribution in [0.25, 0.3) is 0 Å². The molecule has 6 nitrogen and oxygen atoms in total. The fourth-order valence-corrected chi connectivity index (χ4v) is 2.25. The molecule has 0 radical (unpaired) electrons. The van der Waals surface area contributed by atoms with Crippen molar-refractivity contribution in [2.45, 2.75) is 20.4 Å². The van der Waals surface area contributed by atoms with Gasteiger partial charge < -0.3 is 10.6 Å². The first-order valence-electron chi connectivity index (χ1n) is 6.73. The summed E-state index contributed by atoms with van der Waals surface area (Å²) in [6.07, 6.45) is 0. The zero-order chi connectivity index (χ0) is 15.4. The second-order valence-electron chi connectivity index (χ2n) is 4.76. The van der Waals surface area contributed by atoms with Crippen molar-refractivity contribution in [2.24, 2.45) is 0 Å². The average molecular weight is 286 g/mol. The maximum absolute atomic E-state index is 11.3. The van der Waals surface area contributed by atoms with E-state index >= 15 is 0 Å². The minimum Gasteiger partial charge on any atom is -0.393 e. The van der Waals surface area contributed by atoms with E-state index in [4.69, 9.17) is 5.73 Å². The summed E-state index contributed by atoms with van der Waals surface area (Å²) in [6, 6.07) is 10.7. The first-order valence-corrected chi connectivity index (χ1v) is 6.73. The van der Waals surface area contributed by atoms with E-state index < -0.39 is 4.92 Å². The van der Waals surface area contributed by atoms with E-state index in [9.17, 15) is 10.1 Å². The standard InChI is InChI=1S/C15H18N4O2/c1-3-18(10-12-7-4-6-11(2)17-12)14-9-5-8-13(16)15(14)19(20)21/h4-9H,3,10,16H2,1-2H3. The lowest BCUT2D eigenvalue weighted by atomic mass is 10.2. The Morgan fingerprint density at radius 1 is 1.29 bits per heavy atom. The number of nitrogens with zero attached hydrogens (tertiary/aromatic N) is 3. The van der Waals surface area contributed by atoms with Crippen molar-refractivity contribution in [1.82, 2.24) is 4.98 Å². The van der Waals surface area contributed by atoms with Crippen molar-refractivity contribution in [3.63, 3.8) is 0 Å². The van der Waals surface area contributed by atoms with Crippen LogP contribution in [0.2, 0.25) is 0 Å². The van der Waals surface area contributed by atoms with Crippen molar-refractivity contribution < 1.29 is 4.92 Å². The Morgan fingerprint density at radius 2 is 2.00 bits per heavy atom. The Morgan fingerprint density at radius 3 is 2.62 bits per heavy atom. The molecule has 0 atom stereocenters. The van der Waals surface area contributed by atoms with Crippen molar-refractivity contribution in [3.8, 4) is 0 Å². The zero-order valence-corrected chi connectivity index (χ0v) is 12.1. The molecule has 1 aromatic carbocycles. The number of hydrogen-bond donors (Lipinski definition) is 1. The number of anilines is 2. The van der Waals surface area contributed by atoms with Crippen LogP contribution in [0.5, 0.6) is 0 Å². The maximum atomic E-state index is 11.3. The fraction of sp³-hybridized carbons (Fsp3) is 0.267. The summed E-state index contributed by atoms with van der Waals surface area (Å²) in [4.78, 5) is 17.2. The number of aromatic nitrogens is 1. The van der Waals surface area contributed by atoms with E-state index in [-0.39, 0.29) is 11.4 Å². The van der Waals surface area contributed by atoms with Gasteiger partial charge in [-0.15, -0.1) is 0 Å². The Balaban J connectivity index is 2.38. The fourth-order valence-electron chi connectivity index (χ4n) is 2.25. The Kier molecular flexibility index (Phi) is 4.37. The molecular formula is C15H18N4O2. The molecule has 21 heavy (non-hydrogen) atoms. The van der Waals surface area contributed by atoms with Crippen LogP contribution in [0.1, 0.15) is 18.3 Å². The Bertz CT molecular complexity index is 658. The minimum atomic E-state index is -0.434. The van der Waals surface area contributed by atoms with E-state index in [2.05, 4.69) is 4.98 Å². The lowest BCUT2D eigenvalue weighted by Gasteiger charge is -2.23. The van der Waals surface area contributed by atoms with Gasteiger partial charge in [-0.2, -0.15) is 0 Å². The number of rotatable bonds is 5. The second kappa shape index (κ2) is 6.21. The summed E-state index contributed by atoms with van der Waals surface area (Å²) in [5.41, 5.74) is 8.18. The highest BCUT2D eigenvalue weighted by Crippen LogP contribution is 2.34. The Hall–Kier alpha value is -2.63. The van der Waals surface area contributed by atoms with Crippen LogP contribution in [-0.2, 0) is 6.54 Å². The molecule has 0 amide bonds. The van der Waals surface area contributed by atoms with Crippen LogP contribution in [0.3, 0.4) is 0 Å². The van der Waals surface area contributed by atoms with E-state index in [0.717, 1.165) is 11.4 Å². The van der Waals surface area contributed by atoms with Crippen molar-refractivity contribution in [2.75, 3.05) is 17.2 Å². The van der Waals surface area contributed by atoms with Crippen LogP contribution in [-0.4, -0.2) is 16.5 Å². The Labute approximate surface area is 123 Å². The molecule has 110 valence electrons. The van der Waals surface area contributed by atoms with Gasteiger partial charge in [-0.3, -0.25) is 15.1 Å². The number of nitro benzene ring substituents is 1. The number of nitro groups is 1. The first kappa shape index (κ1) is 14.8. The predicted octanol–water partition coefficient (Wildman–Crippen LogP) is 2.91. The predicted molar refractivity (Wildman–Crippen MR) is 83.2 cm³/mol. The summed E-state index contributed by atoms with van der Waals surface area (Å²) in [6.45, 7) is 4.99. The first-order chi connectivity index (χ1) is 10.0. The molecule has 0 spiro atoms. The molecule has 6 heteroatoms. The number of para-hydroxylation sites is 1. The monoisotopic (exact) mass is 286 g/mol. The molecule has 1 aromatic heterocycles. The third kappa shape index (κ3) is 3.28. The van der Waals surface area contributed by atoms with Crippen molar-refractivity contribution in [1.29, 1.82) is 0 Å². The van der Waals surface area contributed by atoms with Gasteiger partial charge in [0.05, 0.1) is 17.2 Å². The van der Waals surface area contributed by atoms with Gasteiger partial charge >= 0.3 is 5.69 Å². The zero-order valence-electron chi connectivity index (χ0n) is 12.1. The van der Waals surface area contributed by atoms with E-state index in [1.807, 2.05) is 36.9 Å². The molecule has 0 unspecified atom stereocenters. The molecule has 0 aliphatic heterocycles. The van der Waals surface area contributed by atoms with Gasteiger partial charge in [0.2, 0.25) is 0 Å². The number of benzene rings is 1. The molecule has 2 aromatic rings. The van der Waals surface area contributed by atoms with Gasteiger partial charge in [0.25, 0.3) is 0 Å². The summed E-state index contributed by atoms with van der Waals surface area (Å²) < 4.78 is 0. The minimum absolute atomic E-state index is 0.0491. The molecule has 0 saturated heterocycles. The van der Waals surface area contributed by atoms with Gasteiger partial charge in [0.1, 0.15) is 11.4 Å². The van der Waals surface area contributed by atoms with Crippen LogP contribution in [0.15, 0.2) is 36.4 Å². The highest BCUT2D eigenvalue weighted by molar-refractivity contribution is 5.75. The van der Waals surface area contributed by atoms with E-state index in [0.29, 0.717) is 18.8 Å². The molecular weight excluding hydrogens is 268 g/mol. The largest absolute Gasteiger partial charge is 0.393 e. The number of aryl methyl sites for hydroxylation is 1. The molecule has 0 aliphatic carbocycles. The summed E-state index contributed by atoms with van der Waals surface area (Å²) in [5.74, 6) is 0.